The average Bonchev–Trinajstić information content (AvgIpc) is 2.47. The summed E-state index contributed by atoms with van der Waals surface area (Å²) in [7, 11) is 0. The van der Waals surface area contributed by atoms with Crippen LogP contribution in [0.15, 0.2) is 36.4 Å². The molecular formula is C19H23NOS. The molecule has 0 aliphatic rings. The van der Waals surface area contributed by atoms with E-state index >= 15 is 0 Å². The lowest BCUT2D eigenvalue weighted by molar-refractivity contribution is -0.113. The van der Waals surface area contributed by atoms with Crippen LogP contribution in [0, 0.1) is 27.7 Å². The molecule has 2 aromatic rings. The van der Waals surface area contributed by atoms with Gasteiger partial charge in [0.2, 0.25) is 5.91 Å². The lowest BCUT2D eigenvalue weighted by atomic mass is 10.1. The summed E-state index contributed by atoms with van der Waals surface area (Å²) in [5.41, 5.74) is 7.01. The van der Waals surface area contributed by atoms with Gasteiger partial charge in [-0.3, -0.25) is 4.79 Å². The number of benzene rings is 2. The molecular weight excluding hydrogens is 290 g/mol. The lowest BCUT2D eigenvalue weighted by Crippen LogP contribution is -2.16. The highest BCUT2D eigenvalue weighted by Crippen LogP contribution is 2.21. The van der Waals surface area contributed by atoms with E-state index in [1.54, 1.807) is 11.8 Å². The van der Waals surface area contributed by atoms with E-state index in [-0.39, 0.29) is 5.91 Å². The van der Waals surface area contributed by atoms with Gasteiger partial charge in [0.05, 0.1) is 5.75 Å². The Bertz CT molecular complexity index is 659. The number of aryl methyl sites for hydroxylation is 4. The second kappa shape index (κ2) is 7.50. The van der Waals surface area contributed by atoms with Crippen LogP contribution in [0.1, 0.15) is 27.8 Å². The summed E-state index contributed by atoms with van der Waals surface area (Å²) >= 11 is 1.66. The number of nitrogens with one attached hydrogen (secondary N) is 1. The summed E-state index contributed by atoms with van der Waals surface area (Å²) < 4.78 is 0. The second-order valence-corrected chi connectivity index (χ2v) is 6.72. The van der Waals surface area contributed by atoms with Crippen LogP contribution in [0.5, 0.6) is 0 Å². The molecule has 0 heterocycles. The third kappa shape index (κ3) is 4.38. The first kappa shape index (κ1) is 16.6. The Morgan fingerprint density at radius 1 is 1.00 bits per heavy atom. The highest BCUT2D eigenvalue weighted by atomic mass is 32.2. The smallest absolute Gasteiger partial charge is 0.234 e. The Kier molecular flexibility index (Phi) is 5.67. The number of carbonyl (C=O) groups is 1. The molecule has 0 saturated carbocycles. The molecule has 0 unspecified atom stereocenters. The summed E-state index contributed by atoms with van der Waals surface area (Å²) in [6.45, 7) is 8.26. The third-order valence-electron chi connectivity index (χ3n) is 3.74. The Hall–Kier alpha value is -1.74. The third-order valence-corrected chi connectivity index (χ3v) is 4.72. The van der Waals surface area contributed by atoms with Crippen molar-refractivity contribution in [3.05, 3.63) is 64.2 Å². The molecule has 0 aliphatic heterocycles. The Labute approximate surface area is 137 Å². The maximum absolute atomic E-state index is 12.1. The maximum atomic E-state index is 12.1. The van der Waals surface area contributed by atoms with Gasteiger partial charge in [0.25, 0.3) is 0 Å². The fourth-order valence-corrected chi connectivity index (χ4v) is 3.29. The van der Waals surface area contributed by atoms with Gasteiger partial charge in [-0.05, 0) is 49.9 Å². The molecule has 2 rings (SSSR count). The van der Waals surface area contributed by atoms with Crippen molar-refractivity contribution in [1.82, 2.24) is 0 Å². The van der Waals surface area contributed by atoms with Crippen LogP contribution >= 0.6 is 11.8 Å². The summed E-state index contributed by atoms with van der Waals surface area (Å²) in [6.07, 6.45) is 0. The van der Waals surface area contributed by atoms with Crippen LogP contribution in [0.4, 0.5) is 5.69 Å². The van der Waals surface area contributed by atoms with Crippen molar-refractivity contribution in [2.45, 2.75) is 33.4 Å². The van der Waals surface area contributed by atoms with E-state index in [4.69, 9.17) is 0 Å². The van der Waals surface area contributed by atoms with Crippen LogP contribution in [0.25, 0.3) is 0 Å². The molecule has 0 fully saturated rings. The highest BCUT2D eigenvalue weighted by molar-refractivity contribution is 7.99. The predicted octanol–water partition coefficient (Wildman–Crippen LogP) is 4.79. The molecule has 22 heavy (non-hydrogen) atoms. The minimum Gasteiger partial charge on any atom is -0.325 e. The van der Waals surface area contributed by atoms with Crippen LogP contribution in [0.2, 0.25) is 0 Å². The topological polar surface area (TPSA) is 29.1 Å². The summed E-state index contributed by atoms with van der Waals surface area (Å²) in [5, 5.41) is 3.03. The first-order valence-corrected chi connectivity index (χ1v) is 8.63. The van der Waals surface area contributed by atoms with Crippen LogP contribution < -0.4 is 5.32 Å². The molecule has 0 atom stereocenters. The molecule has 2 nitrogen and oxygen atoms in total. The van der Waals surface area contributed by atoms with Gasteiger partial charge >= 0.3 is 0 Å². The number of hydrogen-bond acceptors (Lipinski definition) is 2. The molecule has 0 saturated heterocycles. The van der Waals surface area contributed by atoms with Crippen LogP contribution in [-0.4, -0.2) is 11.7 Å². The summed E-state index contributed by atoms with van der Waals surface area (Å²) in [6, 6.07) is 12.5. The van der Waals surface area contributed by atoms with Crippen molar-refractivity contribution < 1.29 is 4.79 Å². The van der Waals surface area contributed by atoms with Gasteiger partial charge in [0.15, 0.2) is 0 Å². The predicted molar refractivity (Wildman–Crippen MR) is 96.6 cm³/mol. The fraction of sp³-hybridized carbons (Fsp3) is 0.316. The van der Waals surface area contributed by atoms with Crippen LogP contribution in [0.3, 0.4) is 0 Å². The number of hydrogen-bond donors (Lipinski definition) is 1. The van der Waals surface area contributed by atoms with Crippen molar-refractivity contribution in [1.29, 1.82) is 0 Å². The zero-order valence-electron chi connectivity index (χ0n) is 13.7. The quantitative estimate of drug-likeness (QED) is 0.859. The molecule has 0 bridgehead atoms. The summed E-state index contributed by atoms with van der Waals surface area (Å²) in [5.74, 6) is 1.40. The zero-order chi connectivity index (χ0) is 16.1. The molecule has 1 amide bonds. The summed E-state index contributed by atoms with van der Waals surface area (Å²) in [4.78, 5) is 12.1. The van der Waals surface area contributed by atoms with Gasteiger partial charge < -0.3 is 5.32 Å². The van der Waals surface area contributed by atoms with E-state index in [1.807, 2.05) is 32.0 Å². The monoisotopic (exact) mass is 313 g/mol. The minimum atomic E-state index is 0.0627. The van der Waals surface area contributed by atoms with Crippen LogP contribution in [-0.2, 0) is 10.5 Å². The molecule has 0 aliphatic carbocycles. The van der Waals surface area contributed by atoms with Gasteiger partial charge in [-0.2, -0.15) is 0 Å². The van der Waals surface area contributed by atoms with Crippen molar-refractivity contribution in [2.75, 3.05) is 11.1 Å². The van der Waals surface area contributed by atoms with Crippen molar-refractivity contribution >= 4 is 23.4 Å². The number of thioether (sulfide) groups is 1. The van der Waals surface area contributed by atoms with E-state index in [0.29, 0.717) is 5.75 Å². The Morgan fingerprint density at radius 3 is 2.36 bits per heavy atom. The van der Waals surface area contributed by atoms with Crippen molar-refractivity contribution in [3.63, 3.8) is 0 Å². The van der Waals surface area contributed by atoms with Gasteiger partial charge in [-0.15, -0.1) is 11.8 Å². The molecule has 1 N–H and O–H groups in total. The number of para-hydroxylation sites is 1. The zero-order valence-corrected chi connectivity index (χ0v) is 14.5. The Morgan fingerprint density at radius 2 is 1.68 bits per heavy atom. The van der Waals surface area contributed by atoms with E-state index in [2.05, 4.69) is 37.4 Å². The average molecular weight is 313 g/mol. The molecule has 3 heteroatoms. The van der Waals surface area contributed by atoms with E-state index in [0.717, 1.165) is 22.6 Å². The largest absolute Gasteiger partial charge is 0.325 e. The van der Waals surface area contributed by atoms with Gasteiger partial charge in [-0.1, -0.05) is 42.0 Å². The maximum Gasteiger partial charge on any atom is 0.234 e. The number of amides is 1. The number of carbonyl (C=O) groups excluding carboxylic acids is 1. The highest BCUT2D eigenvalue weighted by Gasteiger charge is 2.08. The number of rotatable bonds is 5. The Balaban J connectivity index is 1.89. The number of anilines is 1. The van der Waals surface area contributed by atoms with Gasteiger partial charge in [0.1, 0.15) is 0 Å². The first-order chi connectivity index (χ1) is 10.5. The van der Waals surface area contributed by atoms with Gasteiger partial charge in [0, 0.05) is 11.4 Å². The van der Waals surface area contributed by atoms with Gasteiger partial charge in [-0.25, -0.2) is 0 Å². The van der Waals surface area contributed by atoms with E-state index in [1.165, 1.54) is 16.7 Å². The first-order valence-electron chi connectivity index (χ1n) is 7.47. The van der Waals surface area contributed by atoms with Crippen molar-refractivity contribution in [3.8, 4) is 0 Å². The normalized spacial score (nSPS) is 10.5. The standard InChI is InChI=1S/C19H23NOS/c1-13-8-9-14(2)17(10-13)11-22-12-18(21)20-19-15(3)6-5-7-16(19)4/h5-10H,11-12H2,1-4H3,(H,20,21). The fourth-order valence-electron chi connectivity index (χ4n) is 2.40. The lowest BCUT2D eigenvalue weighted by Gasteiger charge is -2.11. The van der Waals surface area contributed by atoms with E-state index in [9.17, 15) is 4.79 Å². The SMILES string of the molecule is Cc1ccc(C)c(CSCC(=O)Nc2c(C)cccc2C)c1. The molecule has 0 radical (unpaired) electrons. The minimum absolute atomic E-state index is 0.0627. The van der Waals surface area contributed by atoms with E-state index < -0.39 is 0 Å². The van der Waals surface area contributed by atoms with Crippen molar-refractivity contribution in [2.24, 2.45) is 0 Å². The molecule has 116 valence electrons. The molecule has 0 spiro atoms. The molecule has 2 aromatic carbocycles. The molecule has 0 aromatic heterocycles. The second-order valence-electron chi connectivity index (χ2n) is 5.74.